The van der Waals surface area contributed by atoms with Crippen LogP contribution >= 0.6 is 11.6 Å². The summed E-state index contributed by atoms with van der Waals surface area (Å²) in [5, 5.41) is 3.95. The van der Waals surface area contributed by atoms with E-state index in [1.165, 1.54) is 0 Å². The van der Waals surface area contributed by atoms with Crippen LogP contribution < -0.4 is 10.1 Å². The van der Waals surface area contributed by atoms with E-state index in [4.69, 9.17) is 21.1 Å². The van der Waals surface area contributed by atoms with E-state index in [9.17, 15) is 0 Å². The van der Waals surface area contributed by atoms with E-state index in [0.717, 1.165) is 29.2 Å². The predicted molar refractivity (Wildman–Crippen MR) is 82.6 cm³/mol. The van der Waals surface area contributed by atoms with Crippen LogP contribution in [0, 0.1) is 0 Å². The van der Waals surface area contributed by atoms with Gasteiger partial charge in [-0.15, -0.1) is 0 Å². The highest BCUT2D eigenvalue weighted by Gasteiger charge is 2.32. The minimum atomic E-state index is -0.0187. The third-order valence-electron chi connectivity index (χ3n) is 3.85. The molecular weight excluding hydrogens is 274 g/mol. The minimum Gasteiger partial charge on any atom is -0.491 e. The Kier molecular flexibility index (Phi) is 4.95. The molecule has 1 aliphatic rings. The summed E-state index contributed by atoms with van der Waals surface area (Å²) >= 11 is 6.07. The highest BCUT2D eigenvalue weighted by molar-refractivity contribution is 6.30. The number of halogens is 1. The molecule has 0 radical (unpaired) electrons. The topological polar surface area (TPSA) is 30.5 Å². The van der Waals surface area contributed by atoms with Crippen LogP contribution in [0.3, 0.4) is 0 Å². The minimum absolute atomic E-state index is 0.0187. The van der Waals surface area contributed by atoms with Crippen LogP contribution in [0.2, 0.25) is 5.02 Å². The summed E-state index contributed by atoms with van der Waals surface area (Å²) in [4.78, 5) is 0. The highest BCUT2D eigenvalue weighted by atomic mass is 35.5. The van der Waals surface area contributed by atoms with Gasteiger partial charge in [-0.1, -0.05) is 11.6 Å². The van der Waals surface area contributed by atoms with E-state index in [-0.39, 0.29) is 17.7 Å². The molecule has 1 aromatic rings. The number of hydrogen-bond acceptors (Lipinski definition) is 3. The first-order valence-electron chi connectivity index (χ1n) is 7.18. The average molecular weight is 298 g/mol. The molecule has 112 valence electrons. The molecule has 2 unspecified atom stereocenters. The molecule has 1 fully saturated rings. The summed E-state index contributed by atoms with van der Waals surface area (Å²) in [6.07, 6.45) is 2.32. The van der Waals surface area contributed by atoms with Crippen LogP contribution in [0.1, 0.15) is 45.2 Å². The number of hydrogen-bond donors (Lipinski definition) is 1. The van der Waals surface area contributed by atoms with Crippen molar-refractivity contribution in [3.8, 4) is 5.75 Å². The lowest BCUT2D eigenvalue weighted by Crippen LogP contribution is -2.24. The Morgan fingerprint density at radius 2 is 2.25 bits per heavy atom. The quantitative estimate of drug-likeness (QED) is 0.892. The molecule has 2 rings (SSSR count). The van der Waals surface area contributed by atoms with E-state index < -0.39 is 0 Å². The molecule has 1 saturated heterocycles. The predicted octanol–water partition coefficient (Wildman–Crippen LogP) is 3.96. The van der Waals surface area contributed by atoms with Gasteiger partial charge in [-0.25, -0.2) is 0 Å². The Bertz CT molecular complexity index is 462. The van der Waals surface area contributed by atoms with Crippen LogP contribution in [0.15, 0.2) is 18.2 Å². The van der Waals surface area contributed by atoms with E-state index in [0.29, 0.717) is 6.61 Å². The second-order valence-electron chi connectivity index (χ2n) is 6.04. The van der Waals surface area contributed by atoms with Gasteiger partial charge in [-0.05, 0) is 58.9 Å². The summed E-state index contributed by atoms with van der Waals surface area (Å²) < 4.78 is 11.9. The Hall–Kier alpha value is -0.770. The zero-order chi connectivity index (χ0) is 14.8. The van der Waals surface area contributed by atoms with Gasteiger partial charge in [0.1, 0.15) is 12.4 Å². The SMILES string of the molecule is CNC(C)c1cc(Cl)ccc1OCC1CCC(C)(C)O1. The van der Waals surface area contributed by atoms with Crippen molar-refractivity contribution >= 4 is 11.6 Å². The largest absolute Gasteiger partial charge is 0.491 e. The van der Waals surface area contributed by atoms with Crippen molar-refractivity contribution in [3.63, 3.8) is 0 Å². The van der Waals surface area contributed by atoms with Crippen molar-refractivity contribution in [1.29, 1.82) is 0 Å². The van der Waals surface area contributed by atoms with Crippen LogP contribution in [-0.4, -0.2) is 25.4 Å². The summed E-state index contributed by atoms with van der Waals surface area (Å²) in [5.41, 5.74) is 1.06. The average Bonchev–Trinajstić information content (AvgIpc) is 2.76. The molecule has 20 heavy (non-hydrogen) atoms. The van der Waals surface area contributed by atoms with Crippen molar-refractivity contribution in [2.75, 3.05) is 13.7 Å². The third-order valence-corrected chi connectivity index (χ3v) is 4.09. The summed E-state index contributed by atoms with van der Waals surface area (Å²) in [6, 6.07) is 5.95. The number of rotatable bonds is 5. The monoisotopic (exact) mass is 297 g/mol. The lowest BCUT2D eigenvalue weighted by Gasteiger charge is -2.21. The molecule has 1 N–H and O–H groups in total. The summed E-state index contributed by atoms with van der Waals surface area (Å²) in [5.74, 6) is 0.879. The molecule has 1 heterocycles. The smallest absolute Gasteiger partial charge is 0.124 e. The molecule has 1 aromatic carbocycles. The van der Waals surface area contributed by atoms with Crippen molar-refractivity contribution in [3.05, 3.63) is 28.8 Å². The second-order valence-corrected chi connectivity index (χ2v) is 6.48. The summed E-state index contributed by atoms with van der Waals surface area (Å²) in [6.45, 7) is 6.94. The van der Waals surface area contributed by atoms with Crippen molar-refractivity contribution in [2.24, 2.45) is 0 Å². The fourth-order valence-electron chi connectivity index (χ4n) is 2.52. The van der Waals surface area contributed by atoms with E-state index >= 15 is 0 Å². The number of ether oxygens (including phenoxy) is 2. The molecule has 1 aliphatic heterocycles. The van der Waals surface area contributed by atoms with Gasteiger partial charge in [0.15, 0.2) is 0 Å². The van der Waals surface area contributed by atoms with E-state index in [2.05, 4.69) is 26.1 Å². The Labute approximate surface area is 126 Å². The first kappa shape index (κ1) is 15.6. The molecule has 0 spiro atoms. The molecule has 0 bridgehead atoms. The standard InChI is InChI=1S/C16H24ClNO2/c1-11(18-4)14-9-12(17)5-6-15(14)19-10-13-7-8-16(2,3)20-13/h5-6,9,11,13,18H,7-8,10H2,1-4H3. The fraction of sp³-hybridized carbons (Fsp3) is 0.625. The van der Waals surface area contributed by atoms with E-state index in [1.54, 1.807) is 0 Å². The zero-order valence-corrected chi connectivity index (χ0v) is 13.5. The zero-order valence-electron chi connectivity index (χ0n) is 12.7. The lowest BCUT2D eigenvalue weighted by molar-refractivity contribution is -0.0328. The number of nitrogens with one attached hydrogen (secondary N) is 1. The van der Waals surface area contributed by atoms with Gasteiger partial charge in [-0.3, -0.25) is 0 Å². The van der Waals surface area contributed by atoms with Gasteiger partial charge < -0.3 is 14.8 Å². The molecule has 4 heteroatoms. The van der Waals surface area contributed by atoms with Gasteiger partial charge in [0.05, 0.1) is 11.7 Å². The molecular formula is C16H24ClNO2. The van der Waals surface area contributed by atoms with Gasteiger partial charge in [0, 0.05) is 16.6 Å². The van der Waals surface area contributed by atoms with Crippen LogP contribution in [0.5, 0.6) is 5.75 Å². The molecule has 2 atom stereocenters. The van der Waals surface area contributed by atoms with Crippen molar-refractivity contribution in [2.45, 2.75) is 51.4 Å². The van der Waals surface area contributed by atoms with Gasteiger partial charge in [-0.2, -0.15) is 0 Å². The second kappa shape index (κ2) is 6.33. The molecule has 3 nitrogen and oxygen atoms in total. The van der Waals surface area contributed by atoms with Gasteiger partial charge in [0.25, 0.3) is 0 Å². The maximum atomic E-state index is 6.07. The van der Waals surface area contributed by atoms with E-state index in [1.807, 2.05) is 25.2 Å². The first-order chi connectivity index (χ1) is 9.41. The summed E-state index contributed by atoms with van der Waals surface area (Å²) in [7, 11) is 1.93. The highest BCUT2D eigenvalue weighted by Crippen LogP contribution is 2.32. The Morgan fingerprint density at radius 1 is 1.50 bits per heavy atom. The molecule has 0 aliphatic carbocycles. The Morgan fingerprint density at radius 3 is 2.85 bits per heavy atom. The molecule has 0 aromatic heterocycles. The van der Waals surface area contributed by atoms with Crippen LogP contribution in [0.4, 0.5) is 0 Å². The van der Waals surface area contributed by atoms with Crippen molar-refractivity contribution in [1.82, 2.24) is 5.32 Å². The lowest BCUT2D eigenvalue weighted by atomic mass is 10.1. The van der Waals surface area contributed by atoms with Crippen LogP contribution in [0.25, 0.3) is 0 Å². The fourth-order valence-corrected chi connectivity index (χ4v) is 2.70. The number of benzene rings is 1. The maximum absolute atomic E-state index is 6.07. The Balaban J connectivity index is 2.02. The van der Waals surface area contributed by atoms with Gasteiger partial charge in [0.2, 0.25) is 0 Å². The van der Waals surface area contributed by atoms with Crippen molar-refractivity contribution < 1.29 is 9.47 Å². The third kappa shape index (κ3) is 3.87. The first-order valence-corrected chi connectivity index (χ1v) is 7.56. The molecule has 0 amide bonds. The van der Waals surface area contributed by atoms with Crippen LogP contribution in [-0.2, 0) is 4.74 Å². The normalized spacial score (nSPS) is 22.8. The van der Waals surface area contributed by atoms with Gasteiger partial charge >= 0.3 is 0 Å². The maximum Gasteiger partial charge on any atom is 0.124 e. The molecule has 0 saturated carbocycles.